The lowest BCUT2D eigenvalue weighted by Gasteiger charge is -2.21. The minimum atomic E-state index is -0.281. The molecular formula is C12H16ClFN2O. The summed E-state index contributed by atoms with van der Waals surface area (Å²) in [6, 6.07) is 4.76. The first-order valence-corrected chi connectivity index (χ1v) is 6.06. The Labute approximate surface area is 105 Å². The van der Waals surface area contributed by atoms with E-state index in [1.165, 1.54) is 6.07 Å². The van der Waals surface area contributed by atoms with Gasteiger partial charge in [-0.25, -0.2) is 4.39 Å². The molecule has 1 aliphatic heterocycles. The van der Waals surface area contributed by atoms with Gasteiger partial charge in [0.15, 0.2) is 0 Å². The first-order valence-electron chi connectivity index (χ1n) is 5.68. The second kappa shape index (κ2) is 5.78. The first-order chi connectivity index (χ1) is 8.20. The number of benzene rings is 1. The van der Waals surface area contributed by atoms with Crippen LogP contribution in [-0.4, -0.2) is 19.3 Å². The smallest absolute Gasteiger partial charge is 0.127 e. The van der Waals surface area contributed by atoms with E-state index in [0.717, 1.165) is 13.0 Å². The van der Waals surface area contributed by atoms with E-state index in [1.807, 2.05) is 0 Å². The van der Waals surface area contributed by atoms with Gasteiger partial charge in [0.1, 0.15) is 5.82 Å². The molecule has 17 heavy (non-hydrogen) atoms. The van der Waals surface area contributed by atoms with Crippen molar-refractivity contribution in [1.82, 2.24) is 5.43 Å². The summed E-state index contributed by atoms with van der Waals surface area (Å²) in [4.78, 5) is 0. The SMILES string of the molecule is NNC(Cc1ccc(Cl)cc1F)C1CCOC1. The minimum Gasteiger partial charge on any atom is -0.381 e. The highest BCUT2D eigenvalue weighted by Gasteiger charge is 2.25. The molecular weight excluding hydrogens is 243 g/mol. The van der Waals surface area contributed by atoms with Gasteiger partial charge in [0.2, 0.25) is 0 Å². The third-order valence-corrected chi connectivity index (χ3v) is 3.44. The van der Waals surface area contributed by atoms with Gasteiger partial charge in [0.25, 0.3) is 0 Å². The highest BCUT2D eigenvalue weighted by molar-refractivity contribution is 6.30. The van der Waals surface area contributed by atoms with Crippen molar-refractivity contribution in [2.45, 2.75) is 18.9 Å². The largest absolute Gasteiger partial charge is 0.381 e. The van der Waals surface area contributed by atoms with Crippen LogP contribution < -0.4 is 11.3 Å². The average molecular weight is 259 g/mol. The maximum Gasteiger partial charge on any atom is 0.127 e. The number of halogens is 2. The fraction of sp³-hybridized carbons (Fsp3) is 0.500. The van der Waals surface area contributed by atoms with Gasteiger partial charge in [-0.3, -0.25) is 11.3 Å². The van der Waals surface area contributed by atoms with Crippen molar-refractivity contribution in [3.63, 3.8) is 0 Å². The molecule has 1 aromatic carbocycles. The quantitative estimate of drug-likeness (QED) is 0.641. The number of hydrazine groups is 1. The molecule has 0 radical (unpaired) electrons. The van der Waals surface area contributed by atoms with E-state index < -0.39 is 0 Å². The van der Waals surface area contributed by atoms with E-state index in [0.29, 0.717) is 29.5 Å². The van der Waals surface area contributed by atoms with Crippen LogP contribution in [0.5, 0.6) is 0 Å². The fourth-order valence-electron chi connectivity index (χ4n) is 2.16. The summed E-state index contributed by atoms with van der Waals surface area (Å²) in [7, 11) is 0. The van der Waals surface area contributed by atoms with Crippen molar-refractivity contribution in [3.05, 3.63) is 34.6 Å². The van der Waals surface area contributed by atoms with E-state index in [2.05, 4.69) is 5.43 Å². The van der Waals surface area contributed by atoms with Crippen LogP contribution in [0.1, 0.15) is 12.0 Å². The number of ether oxygens (including phenoxy) is 1. The van der Waals surface area contributed by atoms with Gasteiger partial charge < -0.3 is 4.74 Å². The summed E-state index contributed by atoms with van der Waals surface area (Å²) in [5.74, 6) is 5.59. The molecule has 0 amide bonds. The van der Waals surface area contributed by atoms with Crippen molar-refractivity contribution in [1.29, 1.82) is 0 Å². The van der Waals surface area contributed by atoms with Crippen molar-refractivity contribution < 1.29 is 9.13 Å². The highest BCUT2D eigenvalue weighted by Crippen LogP contribution is 2.22. The van der Waals surface area contributed by atoms with Crippen LogP contribution in [0.4, 0.5) is 4.39 Å². The van der Waals surface area contributed by atoms with Gasteiger partial charge >= 0.3 is 0 Å². The number of hydrogen-bond donors (Lipinski definition) is 2. The molecule has 0 aliphatic carbocycles. The molecule has 1 aromatic rings. The van der Waals surface area contributed by atoms with Crippen LogP contribution in [0.15, 0.2) is 18.2 Å². The molecule has 0 saturated carbocycles. The van der Waals surface area contributed by atoms with Gasteiger partial charge in [-0.2, -0.15) is 0 Å². The Morgan fingerprint density at radius 2 is 2.41 bits per heavy atom. The van der Waals surface area contributed by atoms with E-state index in [9.17, 15) is 4.39 Å². The Hall–Kier alpha value is -0.680. The standard InChI is InChI=1S/C12H16ClFN2O/c13-10-2-1-8(11(14)6-10)5-12(16-15)9-3-4-17-7-9/h1-2,6,9,12,16H,3-5,7,15H2. The van der Waals surface area contributed by atoms with Crippen LogP contribution in [0, 0.1) is 11.7 Å². The summed E-state index contributed by atoms with van der Waals surface area (Å²) in [5.41, 5.74) is 3.38. The molecule has 0 spiro atoms. The molecule has 1 fully saturated rings. The van der Waals surface area contributed by atoms with Crippen LogP contribution in [0.25, 0.3) is 0 Å². The lowest BCUT2D eigenvalue weighted by Crippen LogP contribution is -2.42. The van der Waals surface area contributed by atoms with Crippen LogP contribution in [0.2, 0.25) is 5.02 Å². The zero-order valence-electron chi connectivity index (χ0n) is 9.46. The molecule has 2 rings (SSSR count). The topological polar surface area (TPSA) is 47.3 Å². The van der Waals surface area contributed by atoms with Gasteiger partial charge in [-0.05, 0) is 30.5 Å². The van der Waals surface area contributed by atoms with E-state index >= 15 is 0 Å². The van der Waals surface area contributed by atoms with Crippen LogP contribution >= 0.6 is 11.6 Å². The second-order valence-electron chi connectivity index (χ2n) is 4.34. The summed E-state index contributed by atoms with van der Waals surface area (Å²) >= 11 is 5.71. The lowest BCUT2D eigenvalue weighted by molar-refractivity contribution is 0.176. The molecule has 94 valence electrons. The zero-order chi connectivity index (χ0) is 12.3. The number of nitrogens with two attached hydrogens (primary N) is 1. The van der Waals surface area contributed by atoms with Crippen molar-refractivity contribution in [2.24, 2.45) is 11.8 Å². The van der Waals surface area contributed by atoms with Gasteiger partial charge in [-0.1, -0.05) is 17.7 Å². The van der Waals surface area contributed by atoms with E-state index in [4.69, 9.17) is 22.2 Å². The number of hydrogen-bond acceptors (Lipinski definition) is 3. The van der Waals surface area contributed by atoms with Gasteiger partial charge in [0.05, 0.1) is 6.61 Å². The molecule has 1 heterocycles. The van der Waals surface area contributed by atoms with E-state index in [1.54, 1.807) is 12.1 Å². The Balaban J connectivity index is 2.06. The molecule has 3 nitrogen and oxygen atoms in total. The summed E-state index contributed by atoms with van der Waals surface area (Å²) < 4.78 is 19.0. The highest BCUT2D eigenvalue weighted by atomic mass is 35.5. The number of nitrogens with one attached hydrogen (secondary N) is 1. The second-order valence-corrected chi connectivity index (χ2v) is 4.77. The third-order valence-electron chi connectivity index (χ3n) is 3.20. The van der Waals surface area contributed by atoms with Crippen molar-refractivity contribution in [3.8, 4) is 0 Å². The maximum atomic E-state index is 13.6. The number of rotatable bonds is 4. The Bertz CT molecular complexity index is 383. The van der Waals surface area contributed by atoms with E-state index in [-0.39, 0.29) is 11.9 Å². The lowest BCUT2D eigenvalue weighted by atomic mass is 9.93. The Morgan fingerprint density at radius 1 is 1.59 bits per heavy atom. The first kappa shape index (κ1) is 12.8. The maximum absolute atomic E-state index is 13.6. The molecule has 0 bridgehead atoms. The summed E-state index contributed by atoms with van der Waals surface area (Å²) in [6.07, 6.45) is 1.51. The summed E-state index contributed by atoms with van der Waals surface area (Å²) in [6.45, 7) is 1.44. The molecule has 2 unspecified atom stereocenters. The minimum absolute atomic E-state index is 0.0353. The Morgan fingerprint density at radius 3 is 3.00 bits per heavy atom. The third kappa shape index (κ3) is 3.16. The Kier molecular flexibility index (Phi) is 4.34. The predicted octanol–water partition coefficient (Wildman–Crippen LogP) is 1.89. The van der Waals surface area contributed by atoms with Crippen LogP contribution in [-0.2, 0) is 11.2 Å². The van der Waals surface area contributed by atoms with Gasteiger partial charge in [-0.15, -0.1) is 0 Å². The van der Waals surface area contributed by atoms with Gasteiger partial charge in [0, 0.05) is 23.6 Å². The van der Waals surface area contributed by atoms with Crippen molar-refractivity contribution >= 4 is 11.6 Å². The monoisotopic (exact) mass is 258 g/mol. The van der Waals surface area contributed by atoms with Crippen LogP contribution in [0.3, 0.4) is 0 Å². The van der Waals surface area contributed by atoms with Crippen molar-refractivity contribution in [2.75, 3.05) is 13.2 Å². The predicted molar refractivity (Wildman–Crippen MR) is 65.2 cm³/mol. The molecule has 5 heteroatoms. The fourth-order valence-corrected chi connectivity index (χ4v) is 2.31. The summed E-state index contributed by atoms with van der Waals surface area (Å²) in [5, 5.41) is 0.410. The average Bonchev–Trinajstić information content (AvgIpc) is 2.81. The molecule has 1 aliphatic rings. The molecule has 1 saturated heterocycles. The molecule has 0 aromatic heterocycles. The zero-order valence-corrected chi connectivity index (χ0v) is 10.2. The molecule has 2 atom stereocenters. The normalized spacial score (nSPS) is 21.7. The molecule has 3 N–H and O–H groups in total.